The number of nitrogens with zero attached hydrogens (tertiary/aromatic N) is 2. The fourth-order valence-corrected chi connectivity index (χ4v) is 5.78. The Morgan fingerprint density at radius 1 is 1.15 bits per heavy atom. The zero-order valence-electron chi connectivity index (χ0n) is 16.1. The Hall–Kier alpha value is -1.89. The first kappa shape index (κ1) is 19.9. The Kier molecular flexibility index (Phi) is 5.89. The van der Waals surface area contributed by atoms with Gasteiger partial charge in [0.2, 0.25) is 11.8 Å². The third kappa shape index (κ3) is 4.69. The van der Waals surface area contributed by atoms with Gasteiger partial charge in [-0.2, -0.15) is 0 Å². The van der Waals surface area contributed by atoms with Crippen LogP contribution in [-0.4, -0.2) is 67.7 Å². The van der Waals surface area contributed by atoms with Gasteiger partial charge in [-0.15, -0.1) is 0 Å². The smallest absolute Gasteiger partial charge is 0.226 e. The number of likely N-dealkylation sites (tertiary alicyclic amines) is 1. The maximum atomic E-state index is 12.7. The molecule has 0 spiro atoms. The van der Waals surface area contributed by atoms with Gasteiger partial charge in [0.15, 0.2) is 9.84 Å². The number of aryl methyl sites for hydroxylation is 1. The largest absolute Gasteiger partial charge is 0.342 e. The maximum Gasteiger partial charge on any atom is 0.226 e. The summed E-state index contributed by atoms with van der Waals surface area (Å²) in [7, 11) is -1.29. The van der Waals surface area contributed by atoms with Gasteiger partial charge in [0, 0.05) is 32.1 Å². The minimum Gasteiger partial charge on any atom is -0.342 e. The average molecular weight is 393 g/mol. The standard InChI is InChI=1S/C20H28N2O4S/c1-15-5-3-4-6-17(15)13-19(23)22-10-7-16(8-11-22)20(24)21(2)18-9-12-27(25,26)14-18/h3-6,16,18H,7-14H2,1-2H3. The highest BCUT2D eigenvalue weighted by atomic mass is 32.2. The number of hydrogen-bond acceptors (Lipinski definition) is 4. The number of amides is 2. The molecule has 1 unspecified atom stereocenters. The van der Waals surface area contributed by atoms with Gasteiger partial charge in [0.25, 0.3) is 0 Å². The molecule has 0 aliphatic carbocycles. The Bertz CT molecular complexity index is 813. The summed E-state index contributed by atoms with van der Waals surface area (Å²) in [5, 5.41) is 0. The summed E-state index contributed by atoms with van der Waals surface area (Å²) in [6, 6.07) is 7.69. The van der Waals surface area contributed by atoms with Crippen molar-refractivity contribution in [2.75, 3.05) is 31.6 Å². The van der Waals surface area contributed by atoms with Gasteiger partial charge in [-0.1, -0.05) is 24.3 Å². The van der Waals surface area contributed by atoms with E-state index in [2.05, 4.69) is 0 Å². The third-order valence-corrected chi connectivity index (χ3v) is 7.65. The lowest BCUT2D eigenvalue weighted by molar-refractivity contribution is -0.140. The van der Waals surface area contributed by atoms with Gasteiger partial charge in [-0.3, -0.25) is 9.59 Å². The predicted molar refractivity (Wildman–Crippen MR) is 104 cm³/mol. The molecule has 0 radical (unpaired) electrons. The lowest BCUT2D eigenvalue weighted by Crippen LogP contribution is -2.46. The van der Waals surface area contributed by atoms with E-state index in [0.29, 0.717) is 38.8 Å². The molecule has 148 valence electrons. The number of hydrogen-bond donors (Lipinski definition) is 0. The van der Waals surface area contributed by atoms with E-state index in [4.69, 9.17) is 0 Å². The normalized spacial score (nSPS) is 22.6. The fourth-order valence-electron chi connectivity index (χ4n) is 4.01. The SMILES string of the molecule is Cc1ccccc1CC(=O)N1CCC(C(=O)N(C)C2CCS(=O)(=O)C2)CC1. The van der Waals surface area contributed by atoms with Gasteiger partial charge in [0.05, 0.1) is 17.9 Å². The van der Waals surface area contributed by atoms with Gasteiger partial charge >= 0.3 is 0 Å². The molecular weight excluding hydrogens is 364 g/mol. The zero-order chi connectivity index (χ0) is 19.6. The Labute approximate surface area is 161 Å². The number of rotatable bonds is 4. The van der Waals surface area contributed by atoms with Crippen LogP contribution in [0.15, 0.2) is 24.3 Å². The van der Waals surface area contributed by atoms with Crippen molar-refractivity contribution in [2.24, 2.45) is 5.92 Å². The zero-order valence-corrected chi connectivity index (χ0v) is 16.9. The predicted octanol–water partition coefficient (Wildman–Crippen LogP) is 1.42. The van der Waals surface area contributed by atoms with E-state index in [9.17, 15) is 18.0 Å². The molecule has 0 saturated carbocycles. The quantitative estimate of drug-likeness (QED) is 0.777. The topological polar surface area (TPSA) is 74.8 Å². The van der Waals surface area contributed by atoms with Crippen molar-refractivity contribution in [3.63, 3.8) is 0 Å². The van der Waals surface area contributed by atoms with E-state index >= 15 is 0 Å². The summed E-state index contributed by atoms with van der Waals surface area (Å²) >= 11 is 0. The molecule has 3 rings (SSSR count). The van der Waals surface area contributed by atoms with Crippen LogP contribution < -0.4 is 0 Å². The van der Waals surface area contributed by atoms with Gasteiger partial charge in [0.1, 0.15) is 0 Å². The summed E-state index contributed by atoms with van der Waals surface area (Å²) in [5.74, 6) is 0.235. The molecule has 2 aliphatic rings. The van der Waals surface area contributed by atoms with Crippen molar-refractivity contribution in [1.82, 2.24) is 9.80 Å². The first-order valence-corrected chi connectivity index (χ1v) is 11.4. The van der Waals surface area contributed by atoms with Crippen LogP contribution in [0.2, 0.25) is 0 Å². The monoisotopic (exact) mass is 392 g/mol. The fraction of sp³-hybridized carbons (Fsp3) is 0.600. The van der Waals surface area contributed by atoms with Crippen LogP contribution in [0.25, 0.3) is 0 Å². The molecule has 7 heteroatoms. The Morgan fingerprint density at radius 3 is 2.41 bits per heavy atom. The Morgan fingerprint density at radius 2 is 1.81 bits per heavy atom. The molecule has 2 amide bonds. The van der Waals surface area contributed by atoms with Crippen LogP contribution in [0.1, 0.15) is 30.4 Å². The van der Waals surface area contributed by atoms with E-state index in [1.54, 1.807) is 11.9 Å². The molecule has 0 bridgehead atoms. The second-order valence-corrected chi connectivity index (χ2v) is 9.99. The van der Waals surface area contributed by atoms with Crippen LogP contribution >= 0.6 is 0 Å². The van der Waals surface area contributed by atoms with Gasteiger partial charge in [-0.25, -0.2) is 8.42 Å². The highest BCUT2D eigenvalue weighted by molar-refractivity contribution is 7.91. The van der Waals surface area contributed by atoms with Crippen molar-refractivity contribution in [3.05, 3.63) is 35.4 Å². The minimum absolute atomic E-state index is 0.0168. The molecule has 2 heterocycles. The number of piperidine rings is 1. The summed E-state index contributed by atoms with van der Waals surface area (Å²) < 4.78 is 23.3. The molecule has 1 aromatic carbocycles. The Balaban J connectivity index is 1.51. The van der Waals surface area contributed by atoms with Crippen LogP contribution in [-0.2, 0) is 25.8 Å². The molecule has 0 N–H and O–H groups in total. The number of sulfone groups is 1. The van der Waals surface area contributed by atoms with Gasteiger partial charge < -0.3 is 9.80 Å². The van der Waals surface area contributed by atoms with E-state index < -0.39 is 9.84 Å². The highest BCUT2D eigenvalue weighted by Gasteiger charge is 2.36. The molecule has 6 nitrogen and oxygen atoms in total. The molecule has 1 atom stereocenters. The van der Waals surface area contributed by atoms with Crippen molar-refractivity contribution in [3.8, 4) is 0 Å². The van der Waals surface area contributed by atoms with Crippen LogP contribution in [0.4, 0.5) is 0 Å². The van der Waals surface area contributed by atoms with E-state index in [1.165, 1.54) is 0 Å². The lowest BCUT2D eigenvalue weighted by Gasteiger charge is -2.34. The molecular formula is C20H28N2O4S. The van der Waals surface area contributed by atoms with E-state index in [1.807, 2.05) is 36.1 Å². The van der Waals surface area contributed by atoms with E-state index in [0.717, 1.165) is 11.1 Å². The summed E-state index contributed by atoms with van der Waals surface area (Å²) in [4.78, 5) is 28.8. The van der Waals surface area contributed by atoms with E-state index in [-0.39, 0.29) is 35.3 Å². The number of carbonyl (C=O) groups excluding carboxylic acids is 2. The first-order chi connectivity index (χ1) is 12.8. The molecule has 2 fully saturated rings. The first-order valence-electron chi connectivity index (χ1n) is 9.56. The second kappa shape index (κ2) is 8.00. The summed E-state index contributed by atoms with van der Waals surface area (Å²) in [6.45, 7) is 3.17. The molecule has 1 aromatic rings. The molecule has 27 heavy (non-hydrogen) atoms. The maximum absolute atomic E-state index is 12.7. The van der Waals surface area contributed by atoms with Crippen LogP contribution in [0, 0.1) is 12.8 Å². The highest BCUT2D eigenvalue weighted by Crippen LogP contribution is 2.24. The molecule has 2 saturated heterocycles. The van der Waals surface area contributed by atoms with Crippen molar-refractivity contribution >= 4 is 21.7 Å². The lowest BCUT2D eigenvalue weighted by atomic mass is 9.94. The second-order valence-electron chi connectivity index (χ2n) is 7.76. The van der Waals surface area contributed by atoms with Crippen LogP contribution in [0.3, 0.4) is 0 Å². The van der Waals surface area contributed by atoms with Crippen molar-refractivity contribution in [1.29, 1.82) is 0 Å². The average Bonchev–Trinajstić information content (AvgIpc) is 3.02. The van der Waals surface area contributed by atoms with Crippen molar-refractivity contribution in [2.45, 2.75) is 38.6 Å². The van der Waals surface area contributed by atoms with Crippen LogP contribution in [0.5, 0.6) is 0 Å². The number of benzene rings is 1. The summed E-state index contributed by atoms with van der Waals surface area (Å²) in [5.41, 5.74) is 2.16. The number of carbonyl (C=O) groups is 2. The molecule has 2 aliphatic heterocycles. The minimum atomic E-state index is -3.00. The summed E-state index contributed by atoms with van der Waals surface area (Å²) in [6.07, 6.45) is 2.20. The van der Waals surface area contributed by atoms with Crippen molar-refractivity contribution < 1.29 is 18.0 Å². The third-order valence-electron chi connectivity index (χ3n) is 5.90. The van der Waals surface area contributed by atoms with Gasteiger partial charge in [-0.05, 0) is 37.3 Å². The molecule has 0 aromatic heterocycles.